The van der Waals surface area contributed by atoms with Crippen LogP contribution in [0.4, 0.5) is 11.4 Å². The molecule has 1 amide bonds. The van der Waals surface area contributed by atoms with Crippen molar-refractivity contribution < 1.29 is 18.1 Å². The van der Waals surface area contributed by atoms with Crippen LogP contribution in [-0.4, -0.2) is 30.7 Å². The van der Waals surface area contributed by atoms with Crippen molar-refractivity contribution in [3.8, 4) is 0 Å². The maximum absolute atomic E-state index is 13.2. The first-order valence-electron chi connectivity index (χ1n) is 9.90. The van der Waals surface area contributed by atoms with Crippen LogP contribution >= 0.6 is 11.3 Å². The van der Waals surface area contributed by atoms with Gasteiger partial charge in [-0.2, -0.15) is 0 Å². The largest absolute Gasteiger partial charge is 0.334 e. The number of sulfonamides is 1. The van der Waals surface area contributed by atoms with E-state index in [4.69, 9.17) is 0 Å². The van der Waals surface area contributed by atoms with Gasteiger partial charge in [0, 0.05) is 29.6 Å². The first-order chi connectivity index (χ1) is 15.2. The summed E-state index contributed by atoms with van der Waals surface area (Å²) in [6.07, 6.45) is 0.793. The van der Waals surface area contributed by atoms with Crippen LogP contribution in [0, 0.1) is 24.0 Å². The molecule has 1 N–H and O–H groups in total. The van der Waals surface area contributed by atoms with Crippen LogP contribution in [0.1, 0.15) is 31.9 Å². The molecule has 0 unspecified atom stereocenters. The highest BCUT2D eigenvalue weighted by molar-refractivity contribution is 7.93. The number of hydrogen-bond donors (Lipinski definition) is 1. The van der Waals surface area contributed by atoms with Crippen LogP contribution in [0.3, 0.4) is 0 Å². The van der Waals surface area contributed by atoms with E-state index in [0.717, 1.165) is 18.1 Å². The molecular formula is C22H21N3O5S2. The molecule has 2 heterocycles. The zero-order valence-electron chi connectivity index (χ0n) is 17.5. The van der Waals surface area contributed by atoms with Gasteiger partial charge in [-0.25, -0.2) is 8.42 Å². The number of nitrogens with zero attached hydrogens (tertiary/aromatic N) is 2. The highest BCUT2D eigenvalue weighted by Crippen LogP contribution is 2.31. The van der Waals surface area contributed by atoms with Gasteiger partial charge in [0.2, 0.25) is 0 Å². The number of anilines is 1. The number of nitrogens with one attached hydrogen (secondary N) is 1. The summed E-state index contributed by atoms with van der Waals surface area (Å²) in [6, 6.07) is 10.9. The molecule has 0 bridgehead atoms. The molecule has 0 atom stereocenters. The third kappa shape index (κ3) is 3.98. The molecule has 10 heteroatoms. The van der Waals surface area contributed by atoms with E-state index in [1.807, 2.05) is 11.4 Å². The van der Waals surface area contributed by atoms with Crippen molar-refractivity contribution in [1.29, 1.82) is 0 Å². The van der Waals surface area contributed by atoms with Gasteiger partial charge in [0.1, 0.15) is 0 Å². The summed E-state index contributed by atoms with van der Waals surface area (Å²) in [5, 5.41) is 13.4. The Morgan fingerprint density at radius 1 is 1.16 bits per heavy atom. The first-order valence-corrected chi connectivity index (χ1v) is 12.3. The lowest BCUT2D eigenvalue weighted by Crippen LogP contribution is -2.35. The average molecular weight is 472 g/mol. The van der Waals surface area contributed by atoms with Crippen molar-refractivity contribution in [2.45, 2.75) is 31.7 Å². The molecule has 1 aliphatic rings. The molecule has 0 saturated carbocycles. The van der Waals surface area contributed by atoms with E-state index in [9.17, 15) is 23.3 Å². The summed E-state index contributed by atoms with van der Waals surface area (Å²) >= 11 is 1.69. The van der Waals surface area contributed by atoms with Crippen molar-refractivity contribution in [1.82, 2.24) is 4.90 Å². The molecule has 0 fully saturated rings. The zero-order chi connectivity index (χ0) is 23.0. The highest BCUT2D eigenvalue weighted by Gasteiger charge is 2.29. The molecule has 166 valence electrons. The van der Waals surface area contributed by atoms with Crippen molar-refractivity contribution in [2.75, 3.05) is 11.3 Å². The van der Waals surface area contributed by atoms with E-state index >= 15 is 0 Å². The maximum atomic E-state index is 13.2. The fraction of sp³-hybridized carbons (Fsp3) is 0.227. The predicted octanol–water partition coefficient (Wildman–Crippen LogP) is 4.27. The van der Waals surface area contributed by atoms with Gasteiger partial charge in [-0.15, -0.1) is 11.3 Å². The normalized spacial score (nSPS) is 13.5. The highest BCUT2D eigenvalue weighted by atomic mass is 32.2. The third-order valence-corrected chi connectivity index (χ3v) is 8.14. The number of thiophene rings is 1. The van der Waals surface area contributed by atoms with Crippen LogP contribution in [0.2, 0.25) is 0 Å². The van der Waals surface area contributed by atoms with Crippen LogP contribution < -0.4 is 4.72 Å². The number of aryl methyl sites for hydroxylation is 1. The van der Waals surface area contributed by atoms with Gasteiger partial charge >= 0.3 is 0 Å². The number of hydrogen-bond acceptors (Lipinski definition) is 6. The molecule has 1 aromatic heterocycles. The average Bonchev–Trinajstić information content (AvgIpc) is 3.22. The number of fused-ring (bicyclic) bond motifs is 1. The zero-order valence-corrected chi connectivity index (χ0v) is 19.1. The molecule has 2 aromatic carbocycles. The van der Waals surface area contributed by atoms with E-state index in [0.29, 0.717) is 24.2 Å². The lowest BCUT2D eigenvalue weighted by Gasteiger charge is -2.28. The number of carbonyl (C=O) groups is 1. The fourth-order valence-corrected chi connectivity index (χ4v) is 6.31. The summed E-state index contributed by atoms with van der Waals surface area (Å²) in [6.45, 7) is 4.28. The van der Waals surface area contributed by atoms with Crippen molar-refractivity contribution >= 4 is 38.6 Å². The molecule has 3 aromatic rings. The minimum atomic E-state index is -4.26. The van der Waals surface area contributed by atoms with Crippen molar-refractivity contribution in [3.63, 3.8) is 0 Å². The Hall–Kier alpha value is -3.24. The Morgan fingerprint density at radius 2 is 1.91 bits per heavy atom. The molecule has 0 spiro atoms. The monoisotopic (exact) mass is 471 g/mol. The van der Waals surface area contributed by atoms with Gasteiger partial charge in [0.15, 0.2) is 4.90 Å². The topological polar surface area (TPSA) is 110 Å². The Kier molecular flexibility index (Phi) is 5.74. The van der Waals surface area contributed by atoms with Crippen molar-refractivity contribution in [3.05, 3.63) is 85.1 Å². The smallest absolute Gasteiger partial charge is 0.290 e. The number of rotatable bonds is 5. The minimum Gasteiger partial charge on any atom is -0.334 e. The molecule has 4 rings (SSSR count). The SMILES string of the molecule is Cc1cccc([N+](=O)[O-])c1S(=O)(=O)Nc1cccc(C(=O)N2CCc3sccc3C2)c1C. The maximum Gasteiger partial charge on any atom is 0.290 e. The van der Waals surface area contributed by atoms with Gasteiger partial charge in [0.25, 0.3) is 21.6 Å². The molecule has 0 saturated heterocycles. The number of benzene rings is 2. The van der Waals surface area contributed by atoms with Gasteiger partial charge < -0.3 is 4.90 Å². The van der Waals surface area contributed by atoms with Gasteiger partial charge in [-0.05, 0) is 60.5 Å². The van der Waals surface area contributed by atoms with E-state index in [2.05, 4.69) is 4.72 Å². The Morgan fingerprint density at radius 3 is 2.66 bits per heavy atom. The van der Waals surface area contributed by atoms with Crippen molar-refractivity contribution in [2.24, 2.45) is 0 Å². The fourth-order valence-electron chi connectivity index (χ4n) is 3.90. The predicted molar refractivity (Wildman–Crippen MR) is 123 cm³/mol. The summed E-state index contributed by atoms with van der Waals surface area (Å²) in [4.78, 5) is 26.5. The molecule has 0 radical (unpaired) electrons. The quantitative estimate of drug-likeness (QED) is 0.441. The number of nitro groups is 1. The van der Waals surface area contributed by atoms with E-state index in [-0.39, 0.29) is 22.1 Å². The molecule has 0 aliphatic carbocycles. The van der Waals surface area contributed by atoms with Crippen LogP contribution in [0.5, 0.6) is 0 Å². The lowest BCUT2D eigenvalue weighted by atomic mass is 10.0. The Balaban J connectivity index is 1.65. The minimum absolute atomic E-state index is 0.178. The molecular weight excluding hydrogens is 450 g/mol. The second kappa shape index (κ2) is 8.36. The third-order valence-electron chi connectivity index (χ3n) is 5.56. The molecule has 32 heavy (non-hydrogen) atoms. The van der Waals surface area contributed by atoms with Gasteiger partial charge in [0.05, 0.1) is 10.6 Å². The summed E-state index contributed by atoms with van der Waals surface area (Å²) in [5.74, 6) is -0.178. The first kappa shape index (κ1) is 22.0. The number of amides is 1. The Bertz CT molecular complexity index is 1330. The van der Waals surface area contributed by atoms with Crippen LogP contribution in [-0.2, 0) is 23.0 Å². The molecule has 1 aliphatic heterocycles. The lowest BCUT2D eigenvalue weighted by molar-refractivity contribution is -0.387. The van der Waals surface area contributed by atoms with Gasteiger partial charge in [-0.1, -0.05) is 18.2 Å². The summed E-state index contributed by atoms with van der Waals surface area (Å²) in [7, 11) is -4.26. The van der Waals surface area contributed by atoms with E-state index in [1.54, 1.807) is 41.4 Å². The summed E-state index contributed by atoms with van der Waals surface area (Å²) < 4.78 is 28.6. The number of carbonyl (C=O) groups excluding carboxylic acids is 1. The Labute approximate surface area is 189 Å². The van der Waals surface area contributed by atoms with Gasteiger partial charge in [-0.3, -0.25) is 19.6 Å². The summed E-state index contributed by atoms with van der Waals surface area (Å²) in [5.41, 5.74) is 1.97. The number of nitro benzene ring substituents is 1. The second-order valence-corrected chi connectivity index (χ2v) is 10.2. The standard InChI is InChI=1S/C22H21N3O5S2/c1-14-5-3-8-19(25(27)28)21(14)32(29,30)23-18-7-4-6-17(15(18)2)22(26)24-11-9-20-16(13-24)10-12-31-20/h3-8,10,12,23H,9,11,13H2,1-2H3. The van der Waals surface area contributed by atoms with E-state index < -0.39 is 20.6 Å². The molecule has 8 nitrogen and oxygen atoms in total. The van der Waals surface area contributed by atoms with Crippen LogP contribution in [0.25, 0.3) is 0 Å². The second-order valence-electron chi connectivity index (χ2n) is 7.61. The van der Waals surface area contributed by atoms with Crippen LogP contribution in [0.15, 0.2) is 52.7 Å². The van der Waals surface area contributed by atoms with E-state index in [1.165, 1.54) is 23.9 Å².